The van der Waals surface area contributed by atoms with E-state index in [1.165, 1.54) is 11.8 Å². The molecule has 140 valence electrons. The highest BCUT2D eigenvalue weighted by atomic mass is 32.2. The molecule has 0 spiro atoms. The molecule has 0 aliphatic rings. The molecule has 0 radical (unpaired) electrons. The molecule has 0 aliphatic carbocycles. The fourth-order valence-electron chi connectivity index (χ4n) is 2.47. The standard InChI is InChI=1S/C19H17N7OS/c20-17-22-15(23-18(24-17)21-14-9-5-2-6-10-14)12-28-19-26-25-16(27-19)11-13-7-3-1-4-8-13/h1-10H,11-12H2,(H3,20,21,22,23,24). The number of nitrogen functional groups attached to an aromatic ring is 1. The van der Waals surface area contributed by atoms with Gasteiger partial charge in [0.1, 0.15) is 5.82 Å². The summed E-state index contributed by atoms with van der Waals surface area (Å²) < 4.78 is 5.69. The molecular formula is C19H17N7OS. The van der Waals surface area contributed by atoms with Crippen molar-refractivity contribution in [2.75, 3.05) is 11.1 Å². The van der Waals surface area contributed by atoms with Gasteiger partial charge in [0.25, 0.3) is 5.22 Å². The fourth-order valence-corrected chi connectivity index (χ4v) is 3.11. The number of nitrogens with one attached hydrogen (secondary N) is 1. The monoisotopic (exact) mass is 391 g/mol. The molecule has 0 saturated heterocycles. The van der Waals surface area contributed by atoms with Gasteiger partial charge in [-0.3, -0.25) is 0 Å². The number of nitrogens with two attached hydrogens (primary N) is 1. The van der Waals surface area contributed by atoms with Gasteiger partial charge in [-0.25, -0.2) is 0 Å². The van der Waals surface area contributed by atoms with E-state index in [1.54, 1.807) is 0 Å². The zero-order valence-corrected chi connectivity index (χ0v) is 15.6. The second-order valence-electron chi connectivity index (χ2n) is 5.84. The van der Waals surface area contributed by atoms with E-state index in [0.29, 0.717) is 35.1 Å². The molecule has 4 aromatic rings. The van der Waals surface area contributed by atoms with Crippen LogP contribution in [0.5, 0.6) is 0 Å². The molecule has 0 fully saturated rings. The summed E-state index contributed by atoms with van der Waals surface area (Å²) >= 11 is 1.35. The van der Waals surface area contributed by atoms with Crippen LogP contribution in [0, 0.1) is 0 Å². The number of nitrogens with zero attached hydrogens (tertiary/aromatic N) is 5. The summed E-state index contributed by atoms with van der Waals surface area (Å²) in [5, 5.41) is 11.7. The lowest BCUT2D eigenvalue weighted by Crippen LogP contribution is -2.06. The first-order valence-corrected chi connectivity index (χ1v) is 9.55. The average Bonchev–Trinajstić information content (AvgIpc) is 3.15. The van der Waals surface area contributed by atoms with Crippen LogP contribution in [0.3, 0.4) is 0 Å². The molecule has 2 aromatic heterocycles. The van der Waals surface area contributed by atoms with E-state index in [1.807, 2.05) is 60.7 Å². The van der Waals surface area contributed by atoms with Crippen molar-refractivity contribution in [1.29, 1.82) is 0 Å². The van der Waals surface area contributed by atoms with Gasteiger partial charge in [-0.2, -0.15) is 15.0 Å². The van der Waals surface area contributed by atoms with Crippen molar-refractivity contribution < 1.29 is 4.42 Å². The molecule has 2 aromatic carbocycles. The molecule has 28 heavy (non-hydrogen) atoms. The quantitative estimate of drug-likeness (QED) is 0.457. The van der Waals surface area contributed by atoms with Crippen LogP contribution < -0.4 is 11.1 Å². The Bertz CT molecular complexity index is 1040. The van der Waals surface area contributed by atoms with Gasteiger partial charge in [0.05, 0.1) is 12.2 Å². The molecule has 2 heterocycles. The predicted octanol–water partition coefficient (Wildman–Crippen LogP) is 3.46. The van der Waals surface area contributed by atoms with Gasteiger partial charge in [0.2, 0.25) is 17.8 Å². The molecule has 0 unspecified atom stereocenters. The number of hydrogen-bond donors (Lipinski definition) is 2. The van der Waals surface area contributed by atoms with E-state index in [2.05, 4.69) is 30.5 Å². The van der Waals surface area contributed by atoms with Crippen LogP contribution in [0.2, 0.25) is 0 Å². The van der Waals surface area contributed by atoms with Crippen LogP contribution in [0.4, 0.5) is 17.6 Å². The molecule has 8 nitrogen and oxygen atoms in total. The largest absolute Gasteiger partial charge is 0.416 e. The Labute approximate surface area is 165 Å². The Kier molecular flexibility index (Phi) is 5.43. The first-order chi connectivity index (χ1) is 13.7. The Morgan fingerprint density at radius 2 is 1.64 bits per heavy atom. The van der Waals surface area contributed by atoms with Gasteiger partial charge >= 0.3 is 0 Å². The fraction of sp³-hybridized carbons (Fsp3) is 0.105. The minimum Gasteiger partial charge on any atom is -0.416 e. The minimum atomic E-state index is 0.152. The minimum absolute atomic E-state index is 0.152. The molecule has 4 rings (SSSR count). The van der Waals surface area contributed by atoms with Crippen LogP contribution in [0.1, 0.15) is 17.3 Å². The van der Waals surface area contributed by atoms with E-state index in [0.717, 1.165) is 11.3 Å². The highest BCUT2D eigenvalue weighted by molar-refractivity contribution is 7.98. The van der Waals surface area contributed by atoms with Crippen molar-refractivity contribution in [2.45, 2.75) is 17.4 Å². The molecule has 3 N–H and O–H groups in total. The van der Waals surface area contributed by atoms with Crippen molar-refractivity contribution in [3.05, 3.63) is 77.9 Å². The summed E-state index contributed by atoms with van der Waals surface area (Å²) in [6.45, 7) is 0. The molecular weight excluding hydrogens is 374 g/mol. The zero-order chi connectivity index (χ0) is 19.2. The van der Waals surface area contributed by atoms with E-state index in [-0.39, 0.29) is 5.95 Å². The topological polar surface area (TPSA) is 116 Å². The molecule has 0 atom stereocenters. The number of anilines is 3. The van der Waals surface area contributed by atoms with Crippen molar-refractivity contribution in [3.63, 3.8) is 0 Å². The Balaban J connectivity index is 1.39. The summed E-state index contributed by atoms with van der Waals surface area (Å²) in [4.78, 5) is 12.7. The number of aromatic nitrogens is 5. The summed E-state index contributed by atoms with van der Waals surface area (Å²) in [6.07, 6.45) is 0.595. The summed E-state index contributed by atoms with van der Waals surface area (Å²) in [5.74, 6) is 2.07. The third-order valence-electron chi connectivity index (χ3n) is 3.70. The number of thioether (sulfide) groups is 1. The predicted molar refractivity (Wildman–Crippen MR) is 107 cm³/mol. The number of para-hydroxylation sites is 1. The molecule has 0 saturated carbocycles. The molecule has 0 amide bonds. The van der Waals surface area contributed by atoms with Gasteiger partial charge in [-0.15, -0.1) is 10.2 Å². The Morgan fingerprint density at radius 1 is 0.893 bits per heavy atom. The second kappa shape index (κ2) is 8.49. The lowest BCUT2D eigenvalue weighted by atomic mass is 10.2. The lowest BCUT2D eigenvalue weighted by molar-refractivity contribution is 0.420. The van der Waals surface area contributed by atoms with Crippen molar-refractivity contribution in [2.24, 2.45) is 0 Å². The van der Waals surface area contributed by atoms with Gasteiger partial charge in [0, 0.05) is 5.69 Å². The third-order valence-corrected chi connectivity index (χ3v) is 4.51. The molecule has 0 aliphatic heterocycles. The van der Waals surface area contributed by atoms with Crippen LogP contribution in [-0.4, -0.2) is 25.1 Å². The van der Waals surface area contributed by atoms with E-state index < -0.39 is 0 Å². The maximum atomic E-state index is 5.81. The van der Waals surface area contributed by atoms with Crippen LogP contribution in [-0.2, 0) is 12.2 Å². The smallest absolute Gasteiger partial charge is 0.277 e. The number of rotatable bonds is 7. The van der Waals surface area contributed by atoms with E-state index in [9.17, 15) is 0 Å². The highest BCUT2D eigenvalue weighted by Gasteiger charge is 2.11. The van der Waals surface area contributed by atoms with Gasteiger partial charge in [-0.1, -0.05) is 60.3 Å². The van der Waals surface area contributed by atoms with E-state index >= 15 is 0 Å². The van der Waals surface area contributed by atoms with Crippen molar-refractivity contribution in [3.8, 4) is 0 Å². The molecule has 9 heteroatoms. The van der Waals surface area contributed by atoms with Crippen LogP contribution >= 0.6 is 11.8 Å². The second-order valence-corrected chi connectivity index (χ2v) is 6.76. The number of benzene rings is 2. The highest BCUT2D eigenvalue weighted by Crippen LogP contribution is 2.22. The van der Waals surface area contributed by atoms with Crippen LogP contribution in [0.15, 0.2) is 70.3 Å². The van der Waals surface area contributed by atoms with Crippen LogP contribution in [0.25, 0.3) is 0 Å². The average molecular weight is 391 g/mol. The summed E-state index contributed by atoms with van der Waals surface area (Å²) in [7, 11) is 0. The van der Waals surface area contributed by atoms with E-state index in [4.69, 9.17) is 10.2 Å². The Hall–Kier alpha value is -3.46. The normalized spacial score (nSPS) is 10.7. The SMILES string of the molecule is Nc1nc(CSc2nnc(Cc3ccccc3)o2)nc(Nc2ccccc2)n1. The van der Waals surface area contributed by atoms with Gasteiger partial charge in [0.15, 0.2) is 0 Å². The summed E-state index contributed by atoms with van der Waals surface area (Å²) in [5.41, 5.74) is 7.79. The lowest BCUT2D eigenvalue weighted by Gasteiger charge is -2.06. The maximum Gasteiger partial charge on any atom is 0.277 e. The third kappa shape index (κ3) is 4.83. The number of hydrogen-bond acceptors (Lipinski definition) is 9. The first kappa shape index (κ1) is 17.9. The first-order valence-electron chi connectivity index (χ1n) is 8.56. The van der Waals surface area contributed by atoms with Crippen molar-refractivity contribution >= 4 is 29.3 Å². The van der Waals surface area contributed by atoms with Gasteiger partial charge in [-0.05, 0) is 17.7 Å². The van der Waals surface area contributed by atoms with Gasteiger partial charge < -0.3 is 15.5 Å². The summed E-state index contributed by atoms with van der Waals surface area (Å²) in [6, 6.07) is 19.6. The Morgan fingerprint density at radius 3 is 2.43 bits per heavy atom. The molecule has 0 bridgehead atoms. The maximum absolute atomic E-state index is 5.81. The zero-order valence-electron chi connectivity index (χ0n) is 14.8. The van der Waals surface area contributed by atoms with Crippen molar-refractivity contribution in [1.82, 2.24) is 25.1 Å².